The number of aromatic nitrogens is 4. The van der Waals surface area contributed by atoms with Gasteiger partial charge in [0.25, 0.3) is 17.3 Å². The number of nitrogens with one attached hydrogen (secondary N) is 1. The van der Waals surface area contributed by atoms with Gasteiger partial charge in [0.2, 0.25) is 0 Å². The molecule has 19 heteroatoms. The third kappa shape index (κ3) is 22.1. The Bertz CT molecular complexity index is 3550. The van der Waals surface area contributed by atoms with Crippen LogP contribution in [0.15, 0.2) is 134 Å². The van der Waals surface area contributed by atoms with Gasteiger partial charge in [-0.3, -0.25) is 34.6 Å². The summed E-state index contributed by atoms with van der Waals surface area (Å²) in [6, 6.07) is 25.8. The molecule has 0 radical (unpaired) electrons. The molecule has 2 heterocycles. The fourth-order valence-corrected chi connectivity index (χ4v) is 13.3. The van der Waals surface area contributed by atoms with Crippen molar-refractivity contribution in [3.8, 4) is 22.8 Å². The largest absolute Gasteiger partial charge is 0.478 e. The molecule has 2 unspecified atom stereocenters. The second kappa shape index (κ2) is 34.0. The standard InChI is InChI=1S/C38H46N4O5.C31H43N3O2.C7H5NO4/c1-5-26-6-10-28(11-7-26)29-14-16-30(17-15-29)33-22-39-36(40-23-33)31-12-8-27(9-13-31)24-41(25-35(43)47-38(2,3)4)37(44)32-18-20-34(21-19-32)42(45)46;1-5-22-6-10-24(11-7-22)25-14-16-26(17-15-25)28-19-33-30(34-20-28)27-12-8-23(9-13-27)18-32-21-29(35)36-31(2,3)4;9-7(10)5-1-3-6(4-2-5)8(11)12/h8-9,12-13,16,18-23,26,28-29H,5-7,10-11,14-15,17,24-25H2,1-4H3;8-9,12-13,16,19-20,22,24-25,32H,5-7,10-11,14-15,17-18,21H2,1-4H3;1-4H,(H,9,10). The van der Waals surface area contributed by atoms with E-state index in [1.807, 2.05) is 94.1 Å². The molecule has 2 fully saturated rings. The minimum atomic E-state index is -1.09. The molecular formula is C76H94N8O11. The van der Waals surface area contributed by atoms with Crippen molar-refractivity contribution in [2.24, 2.45) is 35.5 Å². The molecule has 2 aromatic heterocycles. The van der Waals surface area contributed by atoms with Crippen LogP contribution in [0.5, 0.6) is 0 Å². The average Bonchev–Trinajstić information content (AvgIpc) is 1.07. The first-order valence-corrected chi connectivity index (χ1v) is 33.8. The van der Waals surface area contributed by atoms with Crippen LogP contribution in [-0.4, -0.2) is 87.9 Å². The first kappa shape index (κ1) is 72.0. The van der Waals surface area contributed by atoms with E-state index < -0.39 is 38.9 Å². The second-order valence-electron chi connectivity index (χ2n) is 27.7. The van der Waals surface area contributed by atoms with Crippen molar-refractivity contribution < 1.29 is 43.6 Å². The maximum absolute atomic E-state index is 13.4. The van der Waals surface area contributed by atoms with Crippen molar-refractivity contribution in [2.75, 3.05) is 13.1 Å². The molecule has 19 nitrogen and oxygen atoms in total. The third-order valence-electron chi connectivity index (χ3n) is 18.7. The summed E-state index contributed by atoms with van der Waals surface area (Å²) >= 11 is 0. The van der Waals surface area contributed by atoms with Gasteiger partial charge in [-0.15, -0.1) is 0 Å². The summed E-state index contributed by atoms with van der Waals surface area (Å²) in [4.78, 5) is 88.5. The number of carbonyl (C=O) groups excluding carboxylic acids is 3. The number of esters is 2. The van der Waals surface area contributed by atoms with Crippen molar-refractivity contribution in [2.45, 2.75) is 182 Å². The highest BCUT2D eigenvalue weighted by Gasteiger charge is 2.31. The van der Waals surface area contributed by atoms with Crippen molar-refractivity contribution in [1.29, 1.82) is 0 Å². The van der Waals surface area contributed by atoms with E-state index in [0.717, 1.165) is 106 Å². The van der Waals surface area contributed by atoms with E-state index in [4.69, 9.17) is 14.6 Å². The summed E-state index contributed by atoms with van der Waals surface area (Å²) < 4.78 is 10.8. The van der Waals surface area contributed by atoms with Crippen LogP contribution in [0.4, 0.5) is 11.4 Å². The van der Waals surface area contributed by atoms with Gasteiger partial charge in [0.15, 0.2) is 11.6 Å². The number of non-ortho nitro benzene ring substituents is 2. The van der Waals surface area contributed by atoms with E-state index in [-0.39, 0.29) is 48.1 Å². The van der Waals surface area contributed by atoms with Crippen LogP contribution in [-0.2, 0) is 32.2 Å². The number of aromatic carboxylic acids is 1. The predicted octanol–water partition coefficient (Wildman–Crippen LogP) is 16.7. The number of benzene rings is 4. The van der Waals surface area contributed by atoms with Gasteiger partial charge < -0.3 is 24.8 Å². The molecule has 0 aliphatic heterocycles. The molecule has 95 heavy (non-hydrogen) atoms. The predicted molar refractivity (Wildman–Crippen MR) is 368 cm³/mol. The first-order valence-electron chi connectivity index (χ1n) is 33.8. The van der Waals surface area contributed by atoms with Crippen molar-refractivity contribution in [3.05, 3.63) is 188 Å². The number of hydrogen-bond acceptors (Lipinski definition) is 15. The lowest BCUT2D eigenvalue weighted by atomic mass is 9.71. The number of hydrogen-bond donors (Lipinski definition) is 2. The van der Waals surface area contributed by atoms with Crippen LogP contribution in [0.25, 0.3) is 33.9 Å². The van der Waals surface area contributed by atoms with Crippen molar-refractivity contribution >= 4 is 46.3 Å². The van der Waals surface area contributed by atoms with Crippen LogP contribution < -0.4 is 5.32 Å². The molecule has 2 saturated carbocycles. The van der Waals surface area contributed by atoms with E-state index >= 15 is 0 Å². The molecule has 0 saturated heterocycles. The number of carboxylic acid groups (broad SMARTS) is 1. The zero-order chi connectivity index (χ0) is 68.2. The monoisotopic (exact) mass is 1290 g/mol. The van der Waals surface area contributed by atoms with E-state index in [1.165, 1.54) is 136 Å². The number of nitro groups is 2. The summed E-state index contributed by atoms with van der Waals surface area (Å²) in [6.07, 6.45) is 33.8. The molecule has 0 bridgehead atoms. The van der Waals surface area contributed by atoms with Gasteiger partial charge in [0, 0.05) is 90.0 Å². The van der Waals surface area contributed by atoms with E-state index in [0.29, 0.717) is 12.4 Å². The number of ether oxygens (including phenoxy) is 2. The number of amides is 1. The molecule has 6 aromatic rings. The highest BCUT2D eigenvalue weighted by atomic mass is 16.6. The fourth-order valence-electron chi connectivity index (χ4n) is 13.3. The van der Waals surface area contributed by atoms with Crippen LogP contribution in [0, 0.1) is 55.7 Å². The lowest BCUT2D eigenvalue weighted by Crippen LogP contribution is -2.38. The summed E-state index contributed by atoms with van der Waals surface area (Å²) in [6.45, 7) is 16.3. The van der Waals surface area contributed by atoms with Crippen LogP contribution in [0.2, 0.25) is 0 Å². The lowest BCUT2D eigenvalue weighted by molar-refractivity contribution is -0.385. The third-order valence-corrected chi connectivity index (χ3v) is 18.7. The van der Waals surface area contributed by atoms with E-state index in [2.05, 4.69) is 51.3 Å². The van der Waals surface area contributed by atoms with Gasteiger partial charge in [-0.05, 0) is 188 Å². The molecule has 504 valence electrons. The molecule has 4 aromatic carbocycles. The smallest absolute Gasteiger partial charge is 0.335 e. The highest BCUT2D eigenvalue weighted by molar-refractivity contribution is 5.96. The average molecular weight is 1300 g/mol. The molecule has 4 aliphatic rings. The highest BCUT2D eigenvalue weighted by Crippen LogP contribution is 2.43. The summed E-state index contributed by atoms with van der Waals surface area (Å²) in [5, 5.41) is 32.8. The first-order chi connectivity index (χ1) is 45.4. The Kier molecular flexibility index (Phi) is 25.8. The normalized spacial score (nSPS) is 19.6. The number of carbonyl (C=O) groups is 4. The number of nitrogens with zero attached hydrogens (tertiary/aromatic N) is 7. The minimum Gasteiger partial charge on any atom is -0.478 e. The lowest BCUT2D eigenvalue weighted by Gasteiger charge is -2.35. The summed E-state index contributed by atoms with van der Waals surface area (Å²) in [7, 11) is 0. The zero-order valence-corrected chi connectivity index (χ0v) is 56.5. The SMILES string of the molecule is CCC1CCC(C2CC=C(c3cnc(-c4ccc(CN(CC(=O)OC(C)(C)C)C(=O)c5ccc([N+](=O)[O-])cc5)cc4)nc3)CC2)CC1.CCC1CCC(C2CC=C(c3cnc(-c4ccc(CNCC(=O)OC(C)(C)C)cc4)nc3)CC2)CC1.O=C(O)c1ccc([N+](=O)[O-])cc1. The van der Waals surface area contributed by atoms with Gasteiger partial charge in [0.1, 0.15) is 17.7 Å². The number of allylic oxidation sites excluding steroid dienone is 4. The Morgan fingerprint density at radius 1 is 0.526 bits per heavy atom. The topological polar surface area (TPSA) is 260 Å². The van der Waals surface area contributed by atoms with Gasteiger partial charge in [-0.25, -0.2) is 24.7 Å². The van der Waals surface area contributed by atoms with Crippen LogP contribution in [0.1, 0.15) is 201 Å². The Morgan fingerprint density at radius 3 is 1.29 bits per heavy atom. The Morgan fingerprint density at radius 2 is 0.926 bits per heavy atom. The van der Waals surface area contributed by atoms with Gasteiger partial charge >= 0.3 is 17.9 Å². The molecule has 2 atom stereocenters. The second-order valence-corrected chi connectivity index (χ2v) is 27.7. The molecule has 4 aliphatic carbocycles. The number of rotatable bonds is 20. The summed E-state index contributed by atoms with van der Waals surface area (Å²) in [5.74, 6) is 4.45. The molecule has 0 spiro atoms. The van der Waals surface area contributed by atoms with Crippen molar-refractivity contribution in [3.63, 3.8) is 0 Å². The van der Waals surface area contributed by atoms with E-state index in [9.17, 15) is 39.4 Å². The molecule has 2 N–H and O–H groups in total. The zero-order valence-electron chi connectivity index (χ0n) is 56.5. The maximum Gasteiger partial charge on any atom is 0.335 e. The van der Waals surface area contributed by atoms with Crippen LogP contribution in [0.3, 0.4) is 0 Å². The minimum absolute atomic E-state index is 0.0422. The maximum atomic E-state index is 13.4. The number of carboxylic acids is 1. The van der Waals surface area contributed by atoms with E-state index in [1.54, 1.807) is 20.8 Å². The number of nitro benzene ring substituents is 2. The van der Waals surface area contributed by atoms with Gasteiger partial charge in [0.05, 0.1) is 22.0 Å². The van der Waals surface area contributed by atoms with Crippen molar-refractivity contribution in [1.82, 2.24) is 30.2 Å². The van der Waals surface area contributed by atoms with Gasteiger partial charge in [-0.2, -0.15) is 0 Å². The fraction of sp³-hybridized carbons (Fsp3) is 0.474. The Labute approximate surface area is 559 Å². The Hall–Kier alpha value is -8.84. The Balaban J connectivity index is 0.000000212. The molecule has 1 amide bonds. The van der Waals surface area contributed by atoms with Gasteiger partial charge in [-0.1, -0.05) is 113 Å². The molecular weight excluding hydrogens is 1200 g/mol. The van der Waals surface area contributed by atoms with Crippen LogP contribution >= 0.6 is 0 Å². The molecule has 10 rings (SSSR count). The quantitative estimate of drug-likeness (QED) is 0.0409. The summed E-state index contributed by atoms with van der Waals surface area (Å²) in [5.41, 5.74) is 7.63.